The summed E-state index contributed by atoms with van der Waals surface area (Å²) in [6, 6.07) is 8.47. The largest absolute Gasteiger partial charge is 0.350 e. The molecule has 22 heavy (non-hydrogen) atoms. The normalized spacial score (nSPS) is 16.5. The highest BCUT2D eigenvalue weighted by molar-refractivity contribution is 7.98. The third-order valence-electron chi connectivity index (χ3n) is 4.38. The highest BCUT2D eigenvalue weighted by Crippen LogP contribution is 2.35. The number of nitrogens with one attached hydrogen (secondary N) is 1. The second kappa shape index (κ2) is 6.57. The van der Waals surface area contributed by atoms with Gasteiger partial charge in [0.1, 0.15) is 0 Å². The molecule has 0 radical (unpaired) electrons. The lowest BCUT2D eigenvalue weighted by molar-refractivity contribution is -0.121. The van der Waals surface area contributed by atoms with Gasteiger partial charge in [0.15, 0.2) is 5.16 Å². The highest BCUT2D eigenvalue weighted by atomic mass is 32.2. The molecule has 0 saturated heterocycles. The number of fused-ring (bicyclic) bond motifs is 1. The van der Waals surface area contributed by atoms with Gasteiger partial charge in [-0.1, -0.05) is 36.0 Å². The molecule has 1 aliphatic rings. The molecule has 1 aromatic heterocycles. The second-order valence-corrected chi connectivity index (χ2v) is 6.48. The summed E-state index contributed by atoms with van der Waals surface area (Å²) >= 11 is 1.61. The molecule has 2 aromatic rings. The van der Waals surface area contributed by atoms with Crippen LogP contribution in [0.5, 0.6) is 0 Å². The van der Waals surface area contributed by atoms with E-state index in [0.717, 1.165) is 23.7 Å². The molecule has 0 saturated carbocycles. The Morgan fingerprint density at radius 1 is 1.45 bits per heavy atom. The van der Waals surface area contributed by atoms with Gasteiger partial charge >= 0.3 is 0 Å². The smallest absolute Gasteiger partial charge is 0.220 e. The minimum Gasteiger partial charge on any atom is -0.350 e. The van der Waals surface area contributed by atoms with Gasteiger partial charge in [-0.3, -0.25) is 4.79 Å². The fourth-order valence-electron chi connectivity index (χ4n) is 3.12. The van der Waals surface area contributed by atoms with Crippen LogP contribution in [0, 0.1) is 0 Å². The number of aryl methyl sites for hydroxylation is 1. The van der Waals surface area contributed by atoms with E-state index in [9.17, 15) is 4.79 Å². The minimum atomic E-state index is 0.119. The van der Waals surface area contributed by atoms with Crippen molar-refractivity contribution in [2.75, 3.05) is 6.26 Å². The maximum absolute atomic E-state index is 12.2. The lowest BCUT2D eigenvalue weighted by atomic mass is 9.97. The molecule has 116 valence electrons. The van der Waals surface area contributed by atoms with Crippen molar-refractivity contribution in [2.45, 2.75) is 36.9 Å². The maximum Gasteiger partial charge on any atom is 0.220 e. The number of carbonyl (C=O) groups excluding carboxylic acids is 1. The summed E-state index contributed by atoms with van der Waals surface area (Å²) in [5.41, 5.74) is 3.78. The number of hydrogen-bond donors (Lipinski definition) is 1. The Balaban J connectivity index is 1.56. The molecule has 1 heterocycles. The van der Waals surface area contributed by atoms with Gasteiger partial charge in [0.2, 0.25) is 5.91 Å². The van der Waals surface area contributed by atoms with Crippen LogP contribution in [0.25, 0.3) is 0 Å². The van der Waals surface area contributed by atoms with Crippen molar-refractivity contribution in [3.63, 3.8) is 0 Å². The summed E-state index contributed by atoms with van der Waals surface area (Å²) in [5, 5.41) is 3.99. The first-order valence-corrected chi connectivity index (χ1v) is 8.80. The summed E-state index contributed by atoms with van der Waals surface area (Å²) in [4.78, 5) is 16.5. The molecular weight excluding hydrogens is 294 g/mol. The van der Waals surface area contributed by atoms with E-state index in [2.05, 4.69) is 34.6 Å². The summed E-state index contributed by atoms with van der Waals surface area (Å²) in [6.45, 7) is 0.539. The molecular formula is C17H21N3OS. The zero-order valence-electron chi connectivity index (χ0n) is 13.0. The number of carbonyl (C=O) groups is 1. The molecule has 0 bridgehead atoms. The average molecular weight is 315 g/mol. The van der Waals surface area contributed by atoms with Crippen LogP contribution in [0.2, 0.25) is 0 Å². The molecule has 1 aromatic carbocycles. The molecule has 5 heteroatoms. The summed E-state index contributed by atoms with van der Waals surface area (Å²) < 4.78 is 2.02. The van der Waals surface area contributed by atoms with Crippen molar-refractivity contribution in [3.8, 4) is 0 Å². The van der Waals surface area contributed by atoms with Gasteiger partial charge in [-0.2, -0.15) is 0 Å². The van der Waals surface area contributed by atoms with Gasteiger partial charge in [0.25, 0.3) is 0 Å². The SMILES string of the molecule is CSc1ncc(CNC(=O)C[C@H]2CCc3ccccc32)n1C. The number of amides is 1. The lowest BCUT2D eigenvalue weighted by Gasteiger charge is -2.12. The summed E-state index contributed by atoms with van der Waals surface area (Å²) in [5.74, 6) is 0.484. The van der Waals surface area contributed by atoms with Crippen LogP contribution in [-0.4, -0.2) is 21.7 Å². The standard InChI is InChI=1S/C17H21N3OS/c1-20-14(11-19-17(20)22-2)10-18-16(21)9-13-8-7-12-5-3-4-6-15(12)13/h3-6,11,13H,7-10H2,1-2H3,(H,18,21)/t13-/m1/s1. The molecule has 1 amide bonds. The van der Waals surface area contributed by atoms with E-state index < -0.39 is 0 Å². The first-order valence-electron chi connectivity index (χ1n) is 7.58. The van der Waals surface area contributed by atoms with E-state index in [4.69, 9.17) is 0 Å². The number of nitrogens with zero attached hydrogens (tertiary/aromatic N) is 2. The van der Waals surface area contributed by atoms with Crippen molar-refractivity contribution in [1.82, 2.24) is 14.9 Å². The first-order chi connectivity index (χ1) is 10.7. The van der Waals surface area contributed by atoms with Crippen LogP contribution in [0.15, 0.2) is 35.6 Å². The number of imidazole rings is 1. The Bertz CT molecular complexity index is 680. The molecule has 3 rings (SSSR count). The first kappa shape index (κ1) is 15.2. The summed E-state index contributed by atoms with van der Waals surface area (Å²) in [7, 11) is 1.98. The number of benzene rings is 1. The molecule has 1 aliphatic carbocycles. The Kier molecular flexibility index (Phi) is 4.52. The number of hydrogen-bond acceptors (Lipinski definition) is 3. The molecule has 0 unspecified atom stereocenters. The van der Waals surface area contributed by atoms with E-state index in [-0.39, 0.29) is 5.91 Å². The Hall–Kier alpha value is -1.75. The molecule has 0 spiro atoms. The van der Waals surface area contributed by atoms with Gasteiger partial charge in [0.05, 0.1) is 18.4 Å². The van der Waals surface area contributed by atoms with Gasteiger partial charge in [-0.05, 0) is 36.1 Å². The maximum atomic E-state index is 12.2. The van der Waals surface area contributed by atoms with Crippen LogP contribution in [0.4, 0.5) is 0 Å². The number of aromatic nitrogens is 2. The molecule has 0 fully saturated rings. The van der Waals surface area contributed by atoms with E-state index in [1.165, 1.54) is 11.1 Å². The predicted molar refractivity (Wildman–Crippen MR) is 89.0 cm³/mol. The quantitative estimate of drug-likeness (QED) is 0.863. The van der Waals surface area contributed by atoms with Crippen LogP contribution in [-0.2, 0) is 24.8 Å². The zero-order chi connectivity index (χ0) is 15.5. The predicted octanol–water partition coefficient (Wildman–Crippen LogP) is 2.88. The van der Waals surface area contributed by atoms with E-state index in [1.54, 1.807) is 11.8 Å². The van der Waals surface area contributed by atoms with E-state index in [1.807, 2.05) is 24.1 Å². The average Bonchev–Trinajstić information content (AvgIpc) is 3.09. The van der Waals surface area contributed by atoms with Crippen molar-refractivity contribution in [2.24, 2.45) is 7.05 Å². The molecule has 1 atom stereocenters. The fourth-order valence-corrected chi connectivity index (χ4v) is 3.67. The van der Waals surface area contributed by atoms with Crippen LogP contribution < -0.4 is 5.32 Å². The Morgan fingerprint density at radius 3 is 3.05 bits per heavy atom. The van der Waals surface area contributed by atoms with E-state index in [0.29, 0.717) is 18.9 Å². The van der Waals surface area contributed by atoms with E-state index >= 15 is 0 Å². The second-order valence-electron chi connectivity index (χ2n) is 5.71. The van der Waals surface area contributed by atoms with Crippen LogP contribution >= 0.6 is 11.8 Å². The summed E-state index contributed by atoms with van der Waals surface area (Å²) in [6.07, 6.45) is 6.57. The molecule has 4 nitrogen and oxygen atoms in total. The van der Waals surface area contributed by atoms with Crippen LogP contribution in [0.1, 0.15) is 35.6 Å². The van der Waals surface area contributed by atoms with Gasteiger partial charge < -0.3 is 9.88 Å². The molecule has 0 aliphatic heterocycles. The third-order valence-corrected chi connectivity index (χ3v) is 5.12. The zero-order valence-corrected chi connectivity index (χ0v) is 13.8. The van der Waals surface area contributed by atoms with Crippen LogP contribution in [0.3, 0.4) is 0 Å². The number of rotatable bonds is 5. The van der Waals surface area contributed by atoms with Crippen molar-refractivity contribution in [3.05, 3.63) is 47.3 Å². The topological polar surface area (TPSA) is 46.9 Å². The minimum absolute atomic E-state index is 0.119. The van der Waals surface area contributed by atoms with Gasteiger partial charge in [-0.15, -0.1) is 0 Å². The van der Waals surface area contributed by atoms with Crippen molar-refractivity contribution >= 4 is 17.7 Å². The monoisotopic (exact) mass is 315 g/mol. The number of thioether (sulfide) groups is 1. The fraction of sp³-hybridized carbons (Fsp3) is 0.412. The highest BCUT2D eigenvalue weighted by Gasteiger charge is 2.24. The third kappa shape index (κ3) is 3.04. The Labute approximate surface area is 135 Å². The Morgan fingerprint density at radius 2 is 2.27 bits per heavy atom. The lowest BCUT2D eigenvalue weighted by Crippen LogP contribution is -2.25. The van der Waals surface area contributed by atoms with Crippen molar-refractivity contribution < 1.29 is 4.79 Å². The molecule has 1 N–H and O–H groups in total. The van der Waals surface area contributed by atoms with Gasteiger partial charge in [0, 0.05) is 13.5 Å². The van der Waals surface area contributed by atoms with Gasteiger partial charge in [-0.25, -0.2) is 4.98 Å². The van der Waals surface area contributed by atoms with Crippen molar-refractivity contribution in [1.29, 1.82) is 0 Å².